The van der Waals surface area contributed by atoms with Crippen LogP contribution in [0.1, 0.15) is 27.7 Å². The van der Waals surface area contributed by atoms with E-state index in [-0.39, 0.29) is 12.1 Å². The minimum Gasteiger partial charge on any atom is -0.442 e. The van der Waals surface area contributed by atoms with Gasteiger partial charge in [0.15, 0.2) is 0 Å². The lowest BCUT2D eigenvalue weighted by atomic mass is 9.95. The first kappa shape index (κ1) is 23.3. The molecule has 0 fully saturated rings. The van der Waals surface area contributed by atoms with Crippen LogP contribution >= 0.6 is 0 Å². The van der Waals surface area contributed by atoms with Gasteiger partial charge < -0.3 is 14.5 Å². The monoisotopic (exact) mass is 374 g/mol. The summed E-state index contributed by atoms with van der Waals surface area (Å²) in [7, 11) is 5.05. The molecule has 1 atom stereocenters. The molecule has 1 unspecified atom stereocenters. The van der Waals surface area contributed by atoms with Crippen LogP contribution in [0, 0.1) is 0 Å². The Labute approximate surface area is 152 Å². The van der Waals surface area contributed by atoms with Gasteiger partial charge in [-0.25, -0.2) is 9.63 Å². The van der Waals surface area contributed by atoms with Gasteiger partial charge in [-0.3, -0.25) is 19.3 Å². The quantitative estimate of drug-likeness (QED) is 0.285. The number of carbonyl (C=O) groups excluding carboxylic acids is 4. The SMILES string of the molecule is CO/N=C(\C)C(ONC(=O)OC(C)(C)C)(C(=O)N(C)C)C(=O)N(C)C=O. The lowest BCUT2D eigenvalue weighted by Crippen LogP contribution is -2.65. The summed E-state index contributed by atoms with van der Waals surface area (Å²) in [5.74, 6) is -1.98. The van der Waals surface area contributed by atoms with E-state index in [2.05, 4.69) is 9.99 Å². The van der Waals surface area contributed by atoms with E-state index in [0.29, 0.717) is 4.90 Å². The number of oxime groups is 1. The van der Waals surface area contributed by atoms with Crippen molar-refractivity contribution in [3.63, 3.8) is 0 Å². The minimum atomic E-state index is -2.47. The van der Waals surface area contributed by atoms with Crippen LogP contribution in [-0.4, -0.2) is 79.3 Å². The second kappa shape index (κ2) is 9.13. The first-order valence-corrected chi connectivity index (χ1v) is 7.53. The van der Waals surface area contributed by atoms with Crippen LogP contribution in [0.25, 0.3) is 0 Å². The van der Waals surface area contributed by atoms with E-state index < -0.39 is 29.1 Å². The summed E-state index contributed by atoms with van der Waals surface area (Å²) < 4.78 is 5.01. The Bertz CT molecular complexity index is 583. The molecule has 0 aromatic rings. The molecule has 0 aliphatic rings. The average Bonchev–Trinajstić information content (AvgIpc) is 2.52. The molecule has 4 amide bonds. The van der Waals surface area contributed by atoms with Gasteiger partial charge in [-0.2, -0.15) is 5.48 Å². The molecule has 0 aliphatic heterocycles. The van der Waals surface area contributed by atoms with Crippen molar-refractivity contribution >= 4 is 30.0 Å². The number of nitrogens with one attached hydrogen (secondary N) is 1. The molecule has 11 heteroatoms. The number of hydroxylamine groups is 1. The summed E-state index contributed by atoms with van der Waals surface area (Å²) in [6, 6.07) is 0. The smallest absolute Gasteiger partial charge is 0.431 e. The Morgan fingerprint density at radius 3 is 2.00 bits per heavy atom. The van der Waals surface area contributed by atoms with Gasteiger partial charge in [-0.15, -0.1) is 0 Å². The Balaban J connectivity index is 6.07. The maximum absolute atomic E-state index is 12.7. The van der Waals surface area contributed by atoms with E-state index in [9.17, 15) is 19.2 Å². The number of rotatable bonds is 7. The first-order chi connectivity index (χ1) is 11.8. The second-order valence-electron chi connectivity index (χ2n) is 6.47. The summed E-state index contributed by atoms with van der Waals surface area (Å²) in [4.78, 5) is 59.9. The number of carbonyl (C=O) groups is 4. The highest BCUT2D eigenvalue weighted by molar-refractivity contribution is 6.28. The molecular weight excluding hydrogens is 348 g/mol. The van der Waals surface area contributed by atoms with E-state index in [4.69, 9.17) is 9.57 Å². The van der Waals surface area contributed by atoms with Crippen LogP contribution < -0.4 is 5.48 Å². The highest BCUT2D eigenvalue weighted by atomic mass is 16.7. The van der Waals surface area contributed by atoms with Crippen LogP contribution in [-0.2, 0) is 28.8 Å². The van der Waals surface area contributed by atoms with Crippen molar-refractivity contribution in [3.05, 3.63) is 0 Å². The predicted octanol–water partition coefficient (Wildman–Crippen LogP) is -0.0932. The van der Waals surface area contributed by atoms with Crippen molar-refractivity contribution in [1.82, 2.24) is 15.3 Å². The highest BCUT2D eigenvalue weighted by Crippen LogP contribution is 2.20. The molecule has 0 bridgehead atoms. The number of ether oxygens (including phenoxy) is 1. The maximum Gasteiger partial charge on any atom is 0.431 e. The Morgan fingerprint density at radius 1 is 1.08 bits per heavy atom. The number of hydrogen-bond donors (Lipinski definition) is 1. The summed E-state index contributed by atoms with van der Waals surface area (Å²) in [5.41, 5.74) is -1.65. The fourth-order valence-electron chi connectivity index (χ4n) is 1.79. The van der Waals surface area contributed by atoms with Gasteiger partial charge in [-0.1, -0.05) is 5.16 Å². The van der Waals surface area contributed by atoms with E-state index in [1.54, 1.807) is 20.8 Å². The molecule has 148 valence electrons. The van der Waals surface area contributed by atoms with Crippen LogP contribution in [0.4, 0.5) is 4.79 Å². The van der Waals surface area contributed by atoms with Gasteiger partial charge >= 0.3 is 6.09 Å². The third-order valence-corrected chi connectivity index (χ3v) is 2.91. The van der Waals surface area contributed by atoms with Gasteiger partial charge in [0.1, 0.15) is 18.4 Å². The molecule has 0 saturated heterocycles. The molecule has 0 aromatic carbocycles. The lowest BCUT2D eigenvalue weighted by molar-refractivity contribution is -0.170. The molecule has 0 spiro atoms. The summed E-state index contributed by atoms with van der Waals surface area (Å²) in [5, 5.41) is 3.58. The maximum atomic E-state index is 12.7. The Hall–Kier alpha value is -2.69. The predicted molar refractivity (Wildman–Crippen MR) is 90.8 cm³/mol. The van der Waals surface area contributed by atoms with Crippen LogP contribution in [0.5, 0.6) is 0 Å². The van der Waals surface area contributed by atoms with E-state index in [0.717, 1.165) is 11.9 Å². The number of hydrogen-bond acceptors (Lipinski definition) is 8. The van der Waals surface area contributed by atoms with Gasteiger partial charge in [0.2, 0.25) is 6.41 Å². The molecule has 0 saturated carbocycles. The normalized spacial score (nSPS) is 13.9. The fraction of sp³-hybridized carbons (Fsp3) is 0.667. The van der Waals surface area contributed by atoms with Crippen molar-refractivity contribution in [2.45, 2.75) is 38.9 Å². The first-order valence-electron chi connectivity index (χ1n) is 7.53. The van der Waals surface area contributed by atoms with Gasteiger partial charge in [0.05, 0.1) is 0 Å². The van der Waals surface area contributed by atoms with E-state index >= 15 is 0 Å². The van der Waals surface area contributed by atoms with Crippen molar-refractivity contribution in [3.8, 4) is 0 Å². The lowest BCUT2D eigenvalue weighted by Gasteiger charge is -2.33. The van der Waals surface area contributed by atoms with E-state index in [1.807, 2.05) is 5.48 Å². The van der Waals surface area contributed by atoms with Crippen LogP contribution in [0.2, 0.25) is 0 Å². The molecule has 0 rings (SSSR count). The molecule has 0 aromatic heterocycles. The van der Waals surface area contributed by atoms with Crippen LogP contribution in [0.15, 0.2) is 5.16 Å². The van der Waals surface area contributed by atoms with Crippen LogP contribution in [0.3, 0.4) is 0 Å². The zero-order valence-corrected chi connectivity index (χ0v) is 16.3. The molecule has 0 aliphatic carbocycles. The number of imide groups is 1. The van der Waals surface area contributed by atoms with Gasteiger partial charge in [0.25, 0.3) is 17.4 Å². The standard InChI is InChI=1S/C15H26N4O7/c1-10(16-24-8)15(11(21)18(5)6,12(22)19(7)9-20)26-17-13(23)25-14(2,3)4/h9H,1-8H3,(H,17,23)/b16-10+. The van der Waals surface area contributed by atoms with Gasteiger partial charge in [-0.05, 0) is 27.7 Å². The Kier molecular flexibility index (Phi) is 8.19. The van der Waals surface area contributed by atoms with Gasteiger partial charge in [0, 0.05) is 21.1 Å². The minimum absolute atomic E-state index is 0.191. The largest absolute Gasteiger partial charge is 0.442 e. The summed E-state index contributed by atoms with van der Waals surface area (Å²) in [6.07, 6.45) is -0.850. The third kappa shape index (κ3) is 5.69. The average molecular weight is 374 g/mol. The topological polar surface area (TPSA) is 127 Å². The molecule has 1 N–H and O–H groups in total. The Morgan fingerprint density at radius 2 is 1.62 bits per heavy atom. The van der Waals surface area contributed by atoms with Crippen molar-refractivity contribution < 1.29 is 33.6 Å². The van der Waals surface area contributed by atoms with Crippen molar-refractivity contribution in [2.24, 2.45) is 5.16 Å². The van der Waals surface area contributed by atoms with E-state index in [1.165, 1.54) is 28.1 Å². The second-order valence-corrected chi connectivity index (χ2v) is 6.47. The zero-order chi connectivity index (χ0) is 20.7. The molecule has 26 heavy (non-hydrogen) atoms. The summed E-state index contributed by atoms with van der Waals surface area (Å²) in [6.45, 7) is 6.13. The third-order valence-electron chi connectivity index (χ3n) is 2.91. The highest BCUT2D eigenvalue weighted by Gasteiger charge is 2.55. The number of nitrogens with zero attached hydrogens (tertiary/aromatic N) is 3. The van der Waals surface area contributed by atoms with Crippen molar-refractivity contribution in [1.29, 1.82) is 0 Å². The van der Waals surface area contributed by atoms with Crippen molar-refractivity contribution in [2.75, 3.05) is 28.3 Å². The number of likely N-dealkylation sites (N-methyl/N-ethyl adjacent to an activating group) is 2. The zero-order valence-electron chi connectivity index (χ0n) is 16.3. The molecule has 0 radical (unpaired) electrons. The fourth-order valence-corrected chi connectivity index (χ4v) is 1.79. The summed E-state index contributed by atoms with van der Waals surface area (Å²) >= 11 is 0. The molecule has 11 nitrogen and oxygen atoms in total. The molecule has 0 heterocycles. The number of amides is 4. The molecular formula is C15H26N4O7.